The van der Waals surface area contributed by atoms with Crippen molar-refractivity contribution in [1.82, 2.24) is 0 Å². The van der Waals surface area contributed by atoms with Crippen LogP contribution in [0.1, 0.15) is 44.1 Å². The maximum absolute atomic E-state index is 4.68. The summed E-state index contributed by atoms with van der Waals surface area (Å²) < 4.78 is 4.68. The lowest BCUT2D eigenvalue weighted by Gasteiger charge is -2.15. The topological polar surface area (TPSA) is 9.23 Å². The molecule has 0 aliphatic heterocycles. The molecular weight excluding hydrogens is 272 g/mol. The summed E-state index contributed by atoms with van der Waals surface area (Å²) in [6, 6.07) is 19.7. The van der Waals surface area contributed by atoms with Crippen molar-refractivity contribution in [2.75, 3.05) is 6.61 Å². The van der Waals surface area contributed by atoms with Crippen LogP contribution in [0.3, 0.4) is 0 Å². The van der Waals surface area contributed by atoms with E-state index in [4.69, 9.17) is 0 Å². The van der Waals surface area contributed by atoms with Gasteiger partial charge in [0.15, 0.2) is 0 Å². The van der Waals surface area contributed by atoms with Crippen LogP contribution >= 0.6 is 0 Å². The standard InChI is InChI=1S/C17H18.C2H8OSi/c1-2-8-14(9-3-1)16-12-6-7-13-17(16)15-10-4-5-11-15;1-2-3-4/h1-3,6-9,12-13,15H,4-5,10-11H2;2H2,1,4H3. The number of hydrogen-bond donors (Lipinski definition) is 0. The zero-order valence-corrected chi connectivity index (χ0v) is 15.2. The van der Waals surface area contributed by atoms with Gasteiger partial charge in [-0.1, -0.05) is 67.4 Å². The van der Waals surface area contributed by atoms with Gasteiger partial charge in [-0.2, -0.15) is 0 Å². The van der Waals surface area contributed by atoms with Crippen LogP contribution in [0.15, 0.2) is 54.6 Å². The summed E-state index contributed by atoms with van der Waals surface area (Å²) in [6.07, 6.45) is 5.52. The summed E-state index contributed by atoms with van der Waals surface area (Å²) in [5.41, 5.74) is 4.34. The first-order chi connectivity index (χ1) is 10.4. The van der Waals surface area contributed by atoms with Crippen LogP contribution in [-0.4, -0.2) is 17.1 Å². The van der Waals surface area contributed by atoms with Crippen molar-refractivity contribution >= 4 is 10.5 Å². The van der Waals surface area contributed by atoms with Crippen LogP contribution in [0.25, 0.3) is 11.1 Å². The third-order valence-electron chi connectivity index (χ3n) is 4.13. The first-order valence-corrected chi connectivity index (χ1v) is 8.81. The Labute approximate surface area is 131 Å². The molecule has 0 bridgehead atoms. The second-order valence-corrected chi connectivity index (χ2v) is 6.09. The molecule has 1 fully saturated rings. The second-order valence-electron chi connectivity index (χ2n) is 5.51. The minimum atomic E-state index is 0.784. The lowest BCUT2D eigenvalue weighted by molar-refractivity contribution is 0.375. The maximum atomic E-state index is 4.68. The minimum Gasteiger partial charge on any atom is -0.428 e. The summed E-state index contributed by atoms with van der Waals surface area (Å²) >= 11 is 0. The Morgan fingerprint density at radius 3 is 2.14 bits per heavy atom. The van der Waals surface area contributed by atoms with Gasteiger partial charge >= 0.3 is 0 Å². The lowest BCUT2D eigenvalue weighted by atomic mass is 9.89. The van der Waals surface area contributed by atoms with E-state index in [0.29, 0.717) is 0 Å². The quantitative estimate of drug-likeness (QED) is 0.767. The van der Waals surface area contributed by atoms with Crippen LogP contribution < -0.4 is 0 Å². The molecule has 0 heterocycles. The Bertz CT molecular complexity index is 516. The average molecular weight is 299 g/mol. The molecule has 1 nitrogen and oxygen atoms in total. The summed E-state index contributed by atoms with van der Waals surface area (Å²) in [6.45, 7) is 2.87. The molecule has 0 radical (unpaired) electrons. The van der Waals surface area contributed by atoms with Gasteiger partial charge in [-0.05, 0) is 42.4 Å². The van der Waals surface area contributed by atoms with E-state index in [0.717, 1.165) is 23.0 Å². The maximum Gasteiger partial charge on any atom is 0.145 e. The zero-order chi connectivity index (χ0) is 14.9. The van der Waals surface area contributed by atoms with Crippen LogP contribution in [0.2, 0.25) is 0 Å². The van der Waals surface area contributed by atoms with Crippen LogP contribution in [0.4, 0.5) is 0 Å². The van der Waals surface area contributed by atoms with Crippen LogP contribution in [0, 0.1) is 0 Å². The Hall–Kier alpha value is -1.38. The molecule has 2 aromatic rings. The number of rotatable bonds is 3. The minimum absolute atomic E-state index is 0.784. The SMILES string of the molecule is CCO[SiH3].c1ccc(-c2ccccc2C2CCCC2)cc1. The predicted octanol–water partition coefficient (Wildman–Crippen LogP) is 4.31. The fourth-order valence-corrected chi connectivity index (χ4v) is 2.97. The summed E-state index contributed by atoms with van der Waals surface area (Å²) in [5.74, 6) is 0.784. The number of hydrogen-bond acceptors (Lipinski definition) is 1. The van der Waals surface area contributed by atoms with Crippen molar-refractivity contribution in [2.45, 2.75) is 38.5 Å². The van der Waals surface area contributed by atoms with Crippen LogP contribution in [0.5, 0.6) is 0 Å². The molecule has 0 saturated heterocycles. The first kappa shape index (κ1) is 16.0. The van der Waals surface area contributed by atoms with E-state index < -0.39 is 0 Å². The second kappa shape index (κ2) is 8.80. The van der Waals surface area contributed by atoms with E-state index >= 15 is 0 Å². The van der Waals surface area contributed by atoms with Gasteiger partial charge in [0.05, 0.1) is 0 Å². The molecule has 0 N–H and O–H groups in total. The van der Waals surface area contributed by atoms with E-state index in [1.54, 1.807) is 5.56 Å². The monoisotopic (exact) mass is 298 g/mol. The van der Waals surface area contributed by atoms with Gasteiger partial charge in [-0.25, -0.2) is 0 Å². The highest BCUT2D eigenvalue weighted by Gasteiger charge is 2.19. The Morgan fingerprint density at radius 1 is 0.952 bits per heavy atom. The molecule has 2 aromatic carbocycles. The molecule has 0 atom stereocenters. The molecule has 2 heteroatoms. The molecular formula is C19H26OSi. The van der Waals surface area contributed by atoms with E-state index in [1.807, 2.05) is 6.92 Å². The summed E-state index contributed by atoms with van der Waals surface area (Å²) in [4.78, 5) is 0. The van der Waals surface area contributed by atoms with Gasteiger partial charge < -0.3 is 4.43 Å². The van der Waals surface area contributed by atoms with Crippen LogP contribution in [-0.2, 0) is 4.43 Å². The highest BCUT2D eigenvalue weighted by Crippen LogP contribution is 2.38. The molecule has 0 amide bonds. The van der Waals surface area contributed by atoms with Gasteiger partial charge in [0.1, 0.15) is 10.5 Å². The third-order valence-corrected chi connectivity index (χ3v) is 4.71. The highest BCUT2D eigenvalue weighted by molar-refractivity contribution is 5.97. The smallest absolute Gasteiger partial charge is 0.145 e. The molecule has 1 aliphatic rings. The first-order valence-electron chi connectivity index (χ1n) is 8.00. The van der Waals surface area contributed by atoms with Crippen molar-refractivity contribution in [2.24, 2.45) is 0 Å². The van der Waals surface area contributed by atoms with Crippen molar-refractivity contribution in [1.29, 1.82) is 0 Å². The zero-order valence-electron chi connectivity index (χ0n) is 13.2. The Kier molecular flexibility index (Phi) is 6.71. The molecule has 0 spiro atoms. The summed E-state index contributed by atoms with van der Waals surface area (Å²) in [7, 11) is 0.890. The number of benzene rings is 2. The molecule has 3 rings (SSSR count). The van der Waals surface area contributed by atoms with Gasteiger partial charge in [-0.15, -0.1) is 0 Å². The van der Waals surface area contributed by atoms with Crippen molar-refractivity contribution in [3.63, 3.8) is 0 Å². The van der Waals surface area contributed by atoms with E-state index in [-0.39, 0.29) is 0 Å². The average Bonchev–Trinajstić information content (AvgIpc) is 3.10. The fraction of sp³-hybridized carbons (Fsp3) is 0.368. The van der Waals surface area contributed by atoms with Crippen molar-refractivity contribution < 1.29 is 4.43 Å². The van der Waals surface area contributed by atoms with Gasteiger partial charge in [0.2, 0.25) is 0 Å². The fourth-order valence-electron chi connectivity index (χ4n) is 2.97. The molecule has 1 saturated carbocycles. The summed E-state index contributed by atoms with van der Waals surface area (Å²) in [5, 5.41) is 0. The van der Waals surface area contributed by atoms with Crippen molar-refractivity contribution in [3.8, 4) is 11.1 Å². The van der Waals surface area contributed by atoms with Gasteiger partial charge in [-0.3, -0.25) is 0 Å². The molecule has 0 aromatic heterocycles. The van der Waals surface area contributed by atoms with Crippen molar-refractivity contribution in [3.05, 3.63) is 60.2 Å². The predicted molar refractivity (Wildman–Crippen MR) is 94.7 cm³/mol. The van der Waals surface area contributed by atoms with E-state index in [9.17, 15) is 0 Å². The Balaban J connectivity index is 0.000000361. The molecule has 0 unspecified atom stereocenters. The third kappa shape index (κ3) is 4.55. The van der Waals surface area contributed by atoms with Gasteiger partial charge in [0.25, 0.3) is 0 Å². The molecule has 112 valence electrons. The molecule has 1 aliphatic carbocycles. The largest absolute Gasteiger partial charge is 0.428 e. The highest BCUT2D eigenvalue weighted by atomic mass is 28.2. The lowest BCUT2D eigenvalue weighted by Crippen LogP contribution is -1.95. The van der Waals surface area contributed by atoms with E-state index in [2.05, 4.69) is 59.0 Å². The Morgan fingerprint density at radius 2 is 1.52 bits per heavy atom. The molecule has 21 heavy (non-hydrogen) atoms. The van der Waals surface area contributed by atoms with E-state index in [1.165, 1.54) is 36.8 Å². The normalized spacial score (nSPS) is 14.7. The van der Waals surface area contributed by atoms with Gasteiger partial charge in [0, 0.05) is 6.61 Å².